The molecule has 0 unspecified atom stereocenters. The molecule has 2 N–H and O–H groups in total. The summed E-state index contributed by atoms with van der Waals surface area (Å²) in [6.07, 6.45) is 0. The zero-order valence-corrected chi connectivity index (χ0v) is 14.4. The highest BCUT2D eigenvalue weighted by Crippen LogP contribution is 2.15. The fourth-order valence-electron chi connectivity index (χ4n) is 1.91. The van der Waals surface area contributed by atoms with E-state index in [4.69, 9.17) is 4.74 Å². The van der Waals surface area contributed by atoms with Crippen LogP contribution >= 0.6 is 15.9 Å². The summed E-state index contributed by atoms with van der Waals surface area (Å²) in [6, 6.07) is 12.6. The number of hydrogen-bond acceptors (Lipinski definition) is 3. The first kappa shape index (κ1) is 17.0. The third-order valence-electron chi connectivity index (χ3n) is 3.35. The van der Waals surface area contributed by atoms with Gasteiger partial charge in [0.2, 0.25) is 0 Å². The molecule has 0 bridgehead atoms. The predicted octanol–water partition coefficient (Wildman–Crippen LogP) is 2.91. The summed E-state index contributed by atoms with van der Waals surface area (Å²) in [5, 5.41) is 0. The van der Waals surface area contributed by atoms with E-state index in [2.05, 4.69) is 26.8 Å². The molecule has 0 saturated carbocycles. The Kier molecular flexibility index (Phi) is 5.76. The molecule has 0 spiro atoms. The zero-order valence-electron chi connectivity index (χ0n) is 12.9. The van der Waals surface area contributed by atoms with Crippen molar-refractivity contribution in [3.05, 3.63) is 63.6 Å². The van der Waals surface area contributed by atoms with Crippen LogP contribution in [0.5, 0.6) is 5.75 Å². The number of benzene rings is 2. The number of hydrogen-bond donors (Lipinski definition) is 2. The van der Waals surface area contributed by atoms with Crippen LogP contribution in [-0.4, -0.2) is 18.4 Å². The summed E-state index contributed by atoms with van der Waals surface area (Å²) in [6.45, 7) is 3.61. The molecule has 2 aromatic carbocycles. The molecule has 0 heterocycles. The van der Waals surface area contributed by atoms with E-state index in [1.54, 1.807) is 24.3 Å². The second-order valence-corrected chi connectivity index (χ2v) is 5.91. The van der Waals surface area contributed by atoms with Gasteiger partial charge in [0.1, 0.15) is 5.75 Å². The van der Waals surface area contributed by atoms with Crippen LogP contribution in [0.15, 0.2) is 46.9 Å². The summed E-state index contributed by atoms with van der Waals surface area (Å²) >= 11 is 3.32. The Labute approximate surface area is 143 Å². The molecule has 120 valence electrons. The van der Waals surface area contributed by atoms with Gasteiger partial charge in [0.25, 0.3) is 11.8 Å². The number of carbonyl (C=O) groups excluding carboxylic acids is 2. The van der Waals surface area contributed by atoms with Crippen LogP contribution in [0.4, 0.5) is 0 Å². The molecule has 23 heavy (non-hydrogen) atoms. The monoisotopic (exact) mass is 376 g/mol. The molecule has 0 atom stereocenters. The molecule has 0 aromatic heterocycles. The summed E-state index contributed by atoms with van der Waals surface area (Å²) in [7, 11) is 0. The molecule has 2 amide bonds. The fourth-order valence-corrected chi connectivity index (χ4v) is 2.17. The average Bonchev–Trinajstić information content (AvgIpc) is 2.54. The van der Waals surface area contributed by atoms with Gasteiger partial charge in [0, 0.05) is 10.0 Å². The number of amides is 2. The van der Waals surface area contributed by atoms with Crippen LogP contribution in [0.1, 0.15) is 21.5 Å². The zero-order chi connectivity index (χ0) is 16.8. The van der Waals surface area contributed by atoms with Crippen molar-refractivity contribution in [1.82, 2.24) is 10.9 Å². The molecular weight excluding hydrogens is 360 g/mol. The van der Waals surface area contributed by atoms with E-state index >= 15 is 0 Å². The standard InChI is InChI=1S/C17H17BrN2O3/c1-11-4-3-5-15(12(11)2)17(22)20-19-16(21)10-23-14-8-6-13(18)7-9-14/h3-9H,10H2,1-2H3,(H,19,21)(H,20,22). The normalized spacial score (nSPS) is 10.0. The van der Waals surface area contributed by atoms with Gasteiger partial charge in [-0.05, 0) is 55.3 Å². The van der Waals surface area contributed by atoms with Crippen molar-refractivity contribution < 1.29 is 14.3 Å². The van der Waals surface area contributed by atoms with Crippen LogP contribution < -0.4 is 15.6 Å². The van der Waals surface area contributed by atoms with E-state index < -0.39 is 5.91 Å². The third kappa shape index (κ3) is 4.82. The SMILES string of the molecule is Cc1cccc(C(=O)NNC(=O)COc2ccc(Br)cc2)c1C. The molecular formula is C17H17BrN2O3. The number of rotatable bonds is 4. The second kappa shape index (κ2) is 7.78. The van der Waals surface area contributed by atoms with Crippen molar-refractivity contribution in [2.75, 3.05) is 6.61 Å². The highest BCUT2D eigenvalue weighted by molar-refractivity contribution is 9.10. The maximum Gasteiger partial charge on any atom is 0.276 e. The van der Waals surface area contributed by atoms with Gasteiger partial charge in [-0.25, -0.2) is 0 Å². The van der Waals surface area contributed by atoms with E-state index in [0.717, 1.165) is 15.6 Å². The van der Waals surface area contributed by atoms with Crippen molar-refractivity contribution >= 4 is 27.7 Å². The Morgan fingerprint density at radius 2 is 1.74 bits per heavy atom. The minimum absolute atomic E-state index is 0.186. The fraction of sp³-hybridized carbons (Fsp3) is 0.176. The van der Waals surface area contributed by atoms with Crippen LogP contribution in [0.3, 0.4) is 0 Å². The highest BCUT2D eigenvalue weighted by Gasteiger charge is 2.11. The second-order valence-electron chi connectivity index (χ2n) is 4.99. The van der Waals surface area contributed by atoms with Crippen molar-refractivity contribution in [2.45, 2.75) is 13.8 Å². The lowest BCUT2D eigenvalue weighted by Gasteiger charge is -2.11. The van der Waals surface area contributed by atoms with E-state index in [-0.39, 0.29) is 12.5 Å². The van der Waals surface area contributed by atoms with Crippen LogP contribution in [0, 0.1) is 13.8 Å². The molecule has 0 aliphatic heterocycles. The summed E-state index contributed by atoms with van der Waals surface area (Å²) in [5.41, 5.74) is 7.15. The maximum absolute atomic E-state index is 12.1. The van der Waals surface area contributed by atoms with E-state index in [0.29, 0.717) is 11.3 Å². The van der Waals surface area contributed by atoms with Gasteiger partial charge >= 0.3 is 0 Å². The molecule has 0 aliphatic rings. The number of ether oxygens (including phenoxy) is 1. The number of carbonyl (C=O) groups is 2. The van der Waals surface area contributed by atoms with Gasteiger partial charge in [0.15, 0.2) is 6.61 Å². The largest absolute Gasteiger partial charge is 0.484 e. The van der Waals surface area contributed by atoms with Crippen molar-refractivity contribution in [2.24, 2.45) is 0 Å². The van der Waals surface area contributed by atoms with Crippen molar-refractivity contribution in [3.8, 4) is 5.75 Å². The Bertz CT molecular complexity index is 714. The summed E-state index contributed by atoms with van der Waals surface area (Å²) in [5.74, 6) is -0.223. The van der Waals surface area contributed by atoms with Gasteiger partial charge < -0.3 is 4.74 Å². The highest BCUT2D eigenvalue weighted by atomic mass is 79.9. The van der Waals surface area contributed by atoms with Gasteiger partial charge in [0.05, 0.1) is 0 Å². The first-order valence-corrected chi connectivity index (χ1v) is 7.80. The van der Waals surface area contributed by atoms with Gasteiger partial charge in [-0.15, -0.1) is 0 Å². The van der Waals surface area contributed by atoms with Crippen molar-refractivity contribution in [3.63, 3.8) is 0 Å². The molecule has 0 aliphatic carbocycles. The lowest BCUT2D eigenvalue weighted by atomic mass is 10.0. The Morgan fingerprint density at radius 3 is 2.43 bits per heavy atom. The molecule has 2 rings (SSSR count). The third-order valence-corrected chi connectivity index (χ3v) is 3.88. The Hall–Kier alpha value is -2.34. The molecule has 0 fully saturated rings. The van der Waals surface area contributed by atoms with E-state index in [1.807, 2.05) is 32.0 Å². The van der Waals surface area contributed by atoms with Gasteiger partial charge in [-0.3, -0.25) is 20.4 Å². The molecule has 2 aromatic rings. The Balaban J connectivity index is 1.83. The smallest absolute Gasteiger partial charge is 0.276 e. The van der Waals surface area contributed by atoms with Crippen LogP contribution in [-0.2, 0) is 4.79 Å². The first-order chi connectivity index (χ1) is 11.0. The first-order valence-electron chi connectivity index (χ1n) is 7.01. The maximum atomic E-state index is 12.1. The molecule has 5 nitrogen and oxygen atoms in total. The number of halogens is 1. The minimum Gasteiger partial charge on any atom is -0.484 e. The summed E-state index contributed by atoms with van der Waals surface area (Å²) < 4.78 is 6.25. The summed E-state index contributed by atoms with van der Waals surface area (Å²) in [4.78, 5) is 23.8. The van der Waals surface area contributed by atoms with Crippen LogP contribution in [0.25, 0.3) is 0 Å². The molecule has 0 saturated heterocycles. The lowest BCUT2D eigenvalue weighted by Crippen LogP contribution is -2.44. The van der Waals surface area contributed by atoms with Crippen LogP contribution in [0.2, 0.25) is 0 Å². The lowest BCUT2D eigenvalue weighted by molar-refractivity contribution is -0.123. The minimum atomic E-state index is -0.438. The predicted molar refractivity (Wildman–Crippen MR) is 91.2 cm³/mol. The molecule has 0 radical (unpaired) electrons. The number of aryl methyl sites for hydroxylation is 1. The number of nitrogens with one attached hydrogen (secondary N) is 2. The van der Waals surface area contributed by atoms with Crippen molar-refractivity contribution in [1.29, 1.82) is 0 Å². The Morgan fingerprint density at radius 1 is 1.04 bits per heavy atom. The average molecular weight is 377 g/mol. The van der Waals surface area contributed by atoms with Gasteiger partial charge in [-0.1, -0.05) is 28.1 Å². The molecule has 6 heteroatoms. The van der Waals surface area contributed by atoms with Gasteiger partial charge in [-0.2, -0.15) is 0 Å². The topological polar surface area (TPSA) is 67.4 Å². The number of hydrazine groups is 1. The van der Waals surface area contributed by atoms with E-state index in [9.17, 15) is 9.59 Å². The van der Waals surface area contributed by atoms with E-state index in [1.165, 1.54) is 0 Å². The quantitative estimate of drug-likeness (QED) is 0.806.